The van der Waals surface area contributed by atoms with E-state index >= 15 is 0 Å². The van der Waals surface area contributed by atoms with Gasteiger partial charge in [0.15, 0.2) is 0 Å². The summed E-state index contributed by atoms with van der Waals surface area (Å²) in [6.07, 6.45) is 3.92. The summed E-state index contributed by atoms with van der Waals surface area (Å²) in [6, 6.07) is 14.0. The van der Waals surface area contributed by atoms with E-state index in [2.05, 4.69) is 22.4 Å². The molecule has 4 heteroatoms. The Bertz CT molecular complexity index is 702. The zero-order chi connectivity index (χ0) is 15.4. The first kappa shape index (κ1) is 14.4. The number of nitrogens with zero attached hydrogens (tertiary/aromatic N) is 2. The number of para-hydroxylation sites is 1. The number of aryl methyl sites for hydroxylation is 1. The Labute approximate surface area is 130 Å². The molecule has 1 fully saturated rings. The van der Waals surface area contributed by atoms with Crippen LogP contribution in [0.1, 0.15) is 36.1 Å². The van der Waals surface area contributed by atoms with Crippen LogP contribution in [-0.4, -0.2) is 11.1 Å². The molecule has 1 aromatic carbocycles. The Morgan fingerprint density at radius 2 is 2.09 bits per heavy atom. The summed E-state index contributed by atoms with van der Waals surface area (Å²) < 4.78 is 6.02. The highest BCUT2D eigenvalue weighted by Gasteiger charge is 2.20. The van der Waals surface area contributed by atoms with Crippen molar-refractivity contribution in [1.82, 2.24) is 4.98 Å². The maximum absolute atomic E-state index is 9.04. The van der Waals surface area contributed by atoms with Crippen LogP contribution in [0.4, 0.5) is 5.82 Å². The molecule has 1 saturated carbocycles. The molecule has 0 saturated heterocycles. The lowest BCUT2D eigenvalue weighted by molar-refractivity contribution is 0.119. The van der Waals surface area contributed by atoms with Gasteiger partial charge in [-0.05, 0) is 43.9 Å². The average molecular weight is 293 g/mol. The molecule has 0 spiro atoms. The van der Waals surface area contributed by atoms with Gasteiger partial charge in [0.05, 0.1) is 6.10 Å². The van der Waals surface area contributed by atoms with Crippen LogP contribution in [0.2, 0.25) is 0 Å². The molecule has 0 atom stereocenters. The first-order chi connectivity index (χ1) is 10.8. The van der Waals surface area contributed by atoms with Gasteiger partial charge in [0.1, 0.15) is 23.3 Å². The van der Waals surface area contributed by atoms with E-state index in [0.29, 0.717) is 24.2 Å². The second-order valence-corrected chi connectivity index (χ2v) is 5.61. The zero-order valence-electron chi connectivity index (χ0n) is 12.7. The fourth-order valence-corrected chi connectivity index (χ4v) is 2.36. The smallest absolute Gasteiger partial charge is 0.145 e. The third-order valence-corrected chi connectivity index (χ3v) is 3.98. The molecule has 0 aliphatic heterocycles. The average Bonchev–Trinajstić information content (AvgIpc) is 2.51. The Kier molecular flexibility index (Phi) is 4.24. The number of anilines is 1. The number of hydrogen-bond acceptors (Lipinski definition) is 4. The van der Waals surface area contributed by atoms with E-state index in [9.17, 15) is 0 Å². The van der Waals surface area contributed by atoms with E-state index in [0.717, 1.165) is 29.7 Å². The van der Waals surface area contributed by atoms with Crippen molar-refractivity contribution in [2.45, 2.75) is 38.8 Å². The van der Waals surface area contributed by atoms with Gasteiger partial charge < -0.3 is 10.1 Å². The zero-order valence-corrected chi connectivity index (χ0v) is 12.7. The van der Waals surface area contributed by atoms with Crippen LogP contribution in [-0.2, 0) is 6.54 Å². The Hall–Kier alpha value is -2.54. The molecule has 1 heterocycles. The molecule has 0 radical (unpaired) electrons. The largest absolute Gasteiger partial charge is 0.490 e. The topological polar surface area (TPSA) is 57.9 Å². The lowest BCUT2D eigenvalue weighted by atomic mass is 9.96. The first-order valence-electron chi connectivity index (χ1n) is 7.62. The van der Waals surface area contributed by atoms with Crippen LogP contribution < -0.4 is 10.1 Å². The number of nitriles is 1. The van der Waals surface area contributed by atoms with E-state index < -0.39 is 0 Å². The molecule has 4 nitrogen and oxygen atoms in total. The second-order valence-electron chi connectivity index (χ2n) is 5.61. The normalized spacial score (nSPS) is 14.0. The molecule has 0 amide bonds. The minimum absolute atomic E-state index is 0.365. The van der Waals surface area contributed by atoms with Crippen molar-refractivity contribution in [2.75, 3.05) is 5.32 Å². The van der Waals surface area contributed by atoms with Gasteiger partial charge >= 0.3 is 0 Å². The van der Waals surface area contributed by atoms with E-state index in [-0.39, 0.29) is 0 Å². The van der Waals surface area contributed by atoms with Gasteiger partial charge in [0.2, 0.25) is 0 Å². The second kappa shape index (κ2) is 6.48. The van der Waals surface area contributed by atoms with Gasteiger partial charge in [-0.3, -0.25) is 0 Å². The predicted octanol–water partition coefficient (Wildman–Crippen LogP) is 3.81. The highest BCUT2D eigenvalue weighted by Crippen LogP contribution is 2.28. The molecular formula is C18H19N3O. The van der Waals surface area contributed by atoms with Crippen LogP contribution in [0, 0.1) is 18.3 Å². The summed E-state index contributed by atoms with van der Waals surface area (Å²) in [7, 11) is 0. The highest BCUT2D eigenvalue weighted by atomic mass is 16.5. The highest BCUT2D eigenvalue weighted by molar-refractivity contribution is 5.44. The molecule has 0 unspecified atom stereocenters. The van der Waals surface area contributed by atoms with Crippen molar-refractivity contribution in [2.24, 2.45) is 0 Å². The Morgan fingerprint density at radius 3 is 2.82 bits per heavy atom. The van der Waals surface area contributed by atoms with Crippen LogP contribution in [0.15, 0.2) is 36.4 Å². The summed E-state index contributed by atoms with van der Waals surface area (Å²) >= 11 is 0. The van der Waals surface area contributed by atoms with Gasteiger partial charge in [-0.1, -0.05) is 24.3 Å². The number of ether oxygens (including phenoxy) is 1. The van der Waals surface area contributed by atoms with Crippen molar-refractivity contribution in [3.05, 3.63) is 53.2 Å². The van der Waals surface area contributed by atoms with Crippen LogP contribution in [0.5, 0.6) is 5.75 Å². The Morgan fingerprint density at radius 1 is 1.27 bits per heavy atom. The SMILES string of the molecule is Cc1ccc(NCc2ccccc2OC2CCC2)nc1C#N. The van der Waals surface area contributed by atoms with Crippen LogP contribution in [0.25, 0.3) is 0 Å². The van der Waals surface area contributed by atoms with E-state index in [4.69, 9.17) is 10.00 Å². The third-order valence-electron chi connectivity index (χ3n) is 3.98. The fraction of sp³-hybridized carbons (Fsp3) is 0.333. The van der Waals surface area contributed by atoms with Crippen LogP contribution >= 0.6 is 0 Å². The summed E-state index contributed by atoms with van der Waals surface area (Å²) in [5, 5.41) is 12.3. The predicted molar refractivity (Wildman–Crippen MR) is 85.7 cm³/mol. The van der Waals surface area contributed by atoms with Gasteiger partial charge in [-0.15, -0.1) is 0 Å². The van der Waals surface area contributed by atoms with Crippen molar-refractivity contribution in [1.29, 1.82) is 5.26 Å². The molecule has 112 valence electrons. The molecule has 2 aromatic rings. The number of benzene rings is 1. The maximum atomic E-state index is 9.04. The van der Waals surface area contributed by atoms with Gasteiger partial charge in [-0.25, -0.2) is 4.98 Å². The van der Waals surface area contributed by atoms with Crippen molar-refractivity contribution < 1.29 is 4.74 Å². The number of rotatable bonds is 5. The van der Waals surface area contributed by atoms with Gasteiger partial charge in [0, 0.05) is 12.1 Å². The maximum Gasteiger partial charge on any atom is 0.145 e. The minimum Gasteiger partial charge on any atom is -0.490 e. The van der Waals surface area contributed by atoms with E-state index in [1.165, 1.54) is 6.42 Å². The first-order valence-corrected chi connectivity index (χ1v) is 7.62. The monoisotopic (exact) mass is 293 g/mol. The number of hydrogen-bond donors (Lipinski definition) is 1. The molecule has 1 N–H and O–H groups in total. The summed E-state index contributed by atoms with van der Waals surface area (Å²) in [5.74, 6) is 1.65. The van der Waals surface area contributed by atoms with Crippen molar-refractivity contribution in [3.63, 3.8) is 0 Å². The van der Waals surface area contributed by atoms with E-state index in [1.807, 2.05) is 37.3 Å². The molecule has 0 bridgehead atoms. The van der Waals surface area contributed by atoms with Crippen molar-refractivity contribution in [3.8, 4) is 11.8 Å². The molecular weight excluding hydrogens is 274 g/mol. The number of aromatic nitrogens is 1. The molecule has 1 aromatic heterocycles. The molecule has 1 aliphatic carbocycles. The fourth-order valence-electron chi connectivity index (χ4n) is 2.36. The van der Waals surface area contributed by atoms with E-state index in [1.54, 1.807) is 0 Å². The van der Waals surface area contributed by atoms with Gasteiger partial charge in [-0.2, -0.15) is 5.26 Å². The van der Waals surface area contributed by atoms with Gasteiger partial charge in [0.25, 0.3) is 0 Å². The lowest BCUT2D eigenvalue weighted by Gasteiger charge is -2.27. The quantitative estimate of drug-likeness (QED) is 0.910. The summed E-state index contributed by atoms with van der Waals surface area (Å²) in [6.45, 7) is 2.51. The number of nitrogens with one attached hydrogen (secondary N) is 1. The molecule has 22 heavy (non-hydrogen) atoms. The third kappa shape index (κ3) is 3.20. The molecule has 1 aliphatic rings. The summed E-state index contributed by atoms with van der Waals surface area (Å²) in [5.41, 5.74) is 2.46. The van der Waals surface area contributed by atoms with Crippen molar-refractivity contribution >= 4 is 5.82 Å². The standard InChI is InChI=1S/C18H19N3O/c1-13-9-10-18(21-16(13)11-19)20-12-14-5-2-3-8-17(14)22-15-6-4-7-15/h2-3,5,8-10,15H,4,6-7,12H2,1H3,(H,20,21). The minimum atomic E-state index is 0.365. The Balaban J connectivity index is 1.69. The lowest BCUT2D eigenvalue weighted by Crippen LogP contribution is -2.25. The van der Waals surface area contributed by atoms with Crippen LogP contribution in [0.3, 0.4) is 0 Å². The number of pyridine rings is 1. The molecule has 3 rings (SSSR count). The summed E-state index contributed by atoms with van der Waals surface area (Å²) in [4.78, 5) is 4.31.